The summed E-state index contributed by atoms with van der Waals surface area (Å²) in [7, 11) is 1.69. The predicted octanol–water partition coefficient (Wildman–Crippen LogP) is 4.26. The van der Waals surface area contributed by atoms with E-state index in [1.165, 1.54) is 21.9 Å². The molecule has 2 rings (SSSR count). The van der Waals surface area contributed by atoms with Gasteiger partial charge in [-0.05, 0) is 53.3 Å². The molecule has 0 saturated carbocycles. The van der Waals surface area contributed by atoms with E-state index < -0.39 is 0 Å². The summed E-state index contributed by atoms with van der Waals surface area (Å²) < 4.78 is 5.35. The maximum atomic E-state index is 11.7. The van der Waals surface area contributed by atoms with Crippen LogP contribution < -0.4 is 10.1 Å². The first-order chi connectivity index (χ1) is 11.2. The number of nitrogens with one attached hydrogen (secondary N) is 1. The fourth-order valence-corrected chi connectivity index (χ4v) is 2.78. The Morgan fingerprint density at radius 2 is 2.00 bits per heavy atom. The molecule has 0 unspecified atom stereocenters. The van der Waals surface area contributed by atoms with Gasteiger partial charge < -0.3 is 10.1 Å². The number of carbonyl (C=O) groups excluding carboxylic acids is 1. The van der Waals surface area contributed by atoms with Crippen LogP contribution >= 0.6 is 0 Å². The van der Waals surface area contributed by atoms with E-state index in [-0.39, 0.29) is 5.91 Å². The zero-order valence-electron chi connectivity index (χ0n) is 14.4. The van der Waals surface area contributed by atoms with Crippen molar-refractivity contribution in [3.8, 4) is 5.75 Å². The summed E-state index contributed by atoms with van der Waals surface area (Å²) in [6, 6.07) is 10.7. The van der Waals surface area contributed by atoms with E-state index >= 15 is 0 Å². The van der Waals surface area contributed by atoms with Crippen LogP contribution in [0.15, 0.2) is 30.3 Å². The summed E-state index contributed by atoms with van der Waals surface area (Å²) in [6.07, 6.45) is 4.49. The number of hydrogen-bond donors (Lipinski definition) is 1. The van der Waals surface area contributed by atoms with Crippen LogP contribution in [0.3, 0.4) is 0 Å². The quantitative estimate of drug-likeness (QED) is 0.791. The van der Waals surface area contributed by atoms with Crippen LogP contribution in [-0.2, 0) is 17.6 Å². The molecule has 2 aromatic carbocycles. The summed E-state index contributed by atoms with van der Waals surface area (Å²) in [5.41, 5.74) is 2.60. The van der Waals surface area contributed by atoms with Gasteiger partial charge in [-0.15, -0.1) is 0 Å². The molecule has 0 spiro atoms. The van der Waals surface area contributed by atoms with Crippen molar-refractivity contribution in [1.29, 1.82) is 0 Å². The van der Waals surface area contributed by atoms with Crippen molar-refractivity contribution in [3.05, 3.63) is 41.5 Å². The Labute approximate surface area is 139 Å². The number of unbranched alkanes of at least 4 members (excludes halogenated alkanes) is 1. The zero-order valence-corrected chi connectivity index (χ0v) is 14.4. The minimum Gasteiger partial charge on any atom is -0.497 e. The topological polar surface area (TPSA) is 38.3 Å². The molecular formula is C20H27NO2. The van der Waals surface area contributed by atoms with E-state index in [0.717, 1.165) is 31.4 Å². The fourth-order valence-electron chi connectivity index (χ4n) is 2.78. The highest BCUT2D eigenvalue weighted by atomic mass is 16.5. The first-order valence-corrected chi connectivity index (χ1v) is 8.54. The van der Waals surface area contributed by atoms with Crippen LogP contribution in [0.4, 0.5) is 0 Å². The molecule has 3 heteroatoms. The third-order valence-corrected chi connectivity index (χ3v) is 4.19. The van der Waals surface area contributed by atoms with Gasteiger partial charge in [0.25, 0.3) is 0 Å². The standard InChI is InChI=1S/C20H27NO2/c1-4-6-7-20(22)21-11-10-17-13-15(5-2)12-16-8-9-18(23-3)14-19(16)17/h8-9,12-14H,4-7,10-11H2,1-3H3,(H,21,22). The van der Waals surface area contributed by atoms with Gasteiger partial charge in [0.05, 0.1) is 7.11 Å². The minimum atomic E-state index is 0.153. The summed E-state index contributed by atoms with van der Waals surface area (Å²) in [5.74, 6) is 1.02. The van der Waals surface area contributed by atoms with Crippen LogP contribution in [0.25, 0.3) is 10.8 Å². The van der Waals surface area contributed by atoms with E-state index in [2.05, 4.69) is 43.4 Å². The number of fused-ring (bicyclic) bond motifs is 1. The molecule has 0 aliphatic rings. The summed E-state index contributed by atoms with van der Waals surface area (Å²) in [4.78, 5) is 11.7. The number of methoxy groups -OCH3 is 1. The first kappa shape index (κ1) is 17.3. The Morgan fingerprint density at radius 1 is 1.17 bits per heavy atom. The Bertz CT molecular complexity index is 664. The molecule has 0 aliphatic heterocycles. The SMILES string of the molecule is CCCCC(=O)NCCc1cc(CC)cc2ccc(OC)cc12. The Kier molecular flexibility index (Phi) is 6.45. The molecule has 1 amide bonds. The van der Waals surface area contributed by atoms with Gasteiger partial charge in [-0.1, -0.05) is 38.5 Å². The molecule has 0 bridgehead atoms. The van der Waals surface area contributed by atoms with Crippen LogP contribution in [0.2, 0.25) is 0 Å². The highest BCUT2D eigenvalue weighted by molar-refractivity contribution is 5.88. The van der Waals surface area contributed by atoms with Crippen molar-refractivity contribution >= 4 is 16.7 Å². The monoisotopic (exact) mass is 313 g/mol. The number of amides is 1. The van der Waals surface area contributed by atoms with Gasteiger partial charge in [0.1, 0.15) is 5.75 Å². The second-order valence-electron chi connectivity index (χ2n) is 5.90. The molecule has 0 heterocycles. The van der Waals surface area contributed by atoms with Crippen molar-refractivity contribution in [1.82, 2.24) is 5.32 Å². The first-order valence-electron chi connectivity index (χ1n) is 8.54. The van der Waals surface area contributed by atoms with E-state index in [1.54, 1.807) is 7.11 Å². The summed E-state index contributed by atoms with van der Waals surface area (Å²) in [5, 5.41) is 5.47. The zero-order chi connectivity index (χ0) is 16.7. The van der Waals surface area contributed by atoms with Crippen LogP contribution in [0, 0.1) is 0 Å². The number of hydrogen-bond acceptors (Lipinski definition) is 2. The second-order valence-corrected chi connectivity index (χ2v) is 5.90. The second kappa shape index (κ2) is 8.56. The average Bonchev–Trinajstić information content (AvgIpc) is 2.59. The number of carbonyl (C=O) groups is 1. The van der Waals surface area contributed by atoms with Crippen LogP contribution in [-0.4, -0.2) is 19.6 Å². The van der Waals surface area contributed by atoms with Gasteiger partial charge >= 0.3 is 0 Å². The number of aryl methyl sites for hydroxylation is 1. The van der Waals surface area contributed by atoms with Gasteiger partial charge in [0.2, 0.25) is 5.91 Å². The molecular weight excluding hydrogens is 286 g/mol. The lowest BCUT2D eigenvalue weighted by Gasteiger charge is -2.12. The van der Waals surface area contributed by atoms with Crippen molar-refractivity contribution in [2.75, 3.05) is 13.7 Å². The normalized spacial score (nSPS) is 10.7. The lowest BCUT2D eigenvalue weighted by Crippen LogP contribution is -2.25. The lowest BCUT2D eigenvalue weighted by molar-refractivity contribution is -0.121. The third-order valence-electron chi connectivity index (χ3n) is 4.19. The van der Waals surface area contributed by atoms with Crippen LogP contribution in [0.1, 0.15) is 44.2 Å². The molecule has 0 radical (unpaired) electrons. The molecule has 0 aliphatic carbocycles. The largest absolute Gasteiger partial charge is 0.497 e. The van der Waals surface area contributed by atoms with Gasteiger partial charge in [0, 0.05) is 13.0 Å². The number of ether oxygens (including phenoxy) is 1. The van der Waals surface area contributed by atoms with E-state index in [4.69, 9.17) is 4.74 Å². The van der Waals surface area contributed by atoms with Gasteiger partial charge in [-0.3, -0.25) is 4.79 Å². The summed E-state index contributed by atoms with van der Waals surface area (Å²) >= 11 is 0. The third kappa shape index (κ3) is 4.72. The van der Waals surface area contributed by atoms with Gasteiger partial charge in [0.15, 0.2) is 0 Å². The number of benzene rings is 2. The molecule has 2 aromatic rings. The molecule has 3 nitrogen and oxygen atoms in total. The van der Waals surface area contributed by atoms with Crippen molar-refractivity contribution in [2.45, 2.75) is 46.0 Å². The number of rotatable bonds is 8. The van der Waals surface area contributed by atoms with Crippen molar-refractivity contribution in [3.63, 3.8) is 0 Å². The van der Waals surface area contributed by atoms with Crippen molar-refractivity contribution < 1.29 is 9.53 Å². The molecule has 0 atom stereocenters. The van der Waals surface area contributed by atoms with Gasteiger partial charge in [-0.2, -0.15) is 0 Å². The average molecular weight is 313 g/mol. The fraction of sp³-hybridized carbons (Fsp3) is 0.450. The molecule has 23 heavy (non-hydrogen) atoms. The lowest BCUT2D eigenvalue weighted by atomic mass is 9.97. The molecule has 1 N–H and O–H groups in total. The highest BCUT2D eigenvalue weighted by Crippen LogP contribution is 2.26. The predicted molar refractivity (Wildman–Crippen MR) is 96.1 cm³/mol. The molecule has 0 fully saturated rings. The van der Waals surface area contributed by atoms with Gasteiger partial charge in [-0.25, -0.2) is 0 Å². The van der Waals surface area contributed by atoms with E-state index in [1.807, 2.05) is 6.07 Å². The van der Waals surface area contributed by atoms with E-state index in [0.29, 0.717) is 13.0 Å². The maximum absolute atomic E-state index is 11.7. The minimum absolute atomic E-state index is 0.153. The molecule has 0 saturated heterocycles. The Balaban J connectivity index is 2.15. The van der Waals surface area contributed by atoms with Crippen molar-refractivity contribution in [2.24, 2.45) is 0 Å². The summed E-state index contributed by atoms with van der Waals surface area (Å²) in [6.45, 7) is 4.95. The maximum Gasteiger partial charge on any atom is 0.220 e. The smallest absolute Gasteiger partial charge is 0.220 e. The molecule has 124 valence electrons. The molecule has 0 aromatic heterocycles. The Morgan fingerprint density at radius 3 is 2.70 bits per heavy atom. The van der Waals surface area contributed by atoms with Crippen LogP contribution in [0.5, 0.6) is 5.75 Å². The highest BCUT2D eigenvalue weighted by Gasteiger charge is 2.07. The van der Waals surface area contributed by atoms with E-state index in [9.17, 15) is 4.79 Å². The Hall–Kier alpha value is -2.03.